The minimum atomic E-state index is 0.482. The number of hydrogen-bond donors (Lipinski definition) is 1. The molecule has 0 fully saturated rings. The van der Waals surface area contributed by atoms with E-state index in [9.17, 15) is 0 Å². The first-order valence-electron chi connectivity index (χ1n) is 6.90. The lowest BCUT2D eigenvalue weighted by Crippen LogP contribution is -2.41. The predicted molar refractivity (Wildman–Crippen MR) is 76.0 cm³/mol. The van der Waals surface area contributed by atoms with E-state index in [1.165, 1.54) is 5.56 Å². The second kappa shape index (κ2) is 6.60. The molecule has 0 bridgehead atoms. The van der Waals surface area contributed by atoms with E-state index in [2.05, 4.69) is 37.0 Å². The smallest absolute Gasteiger partial charge is 0.122 e. The molecule has 1 N–H and O–H groups in total. The summed E-state index contributed by atoms with van der Waals surface area (Å²) in [6.07, 6.45) is 5.28. The van der Waals surface area contributed by atoms with Crippen LogP contribution < -0.4 is 10.1 Å². The van der Waals surface area contributed by atoms with Gasteiger partial charge >= 0.3 is 0 Å². The van der Waals surface area contributed by atoms with Gasteiger partial charge in [0.1, 0.15) is 5.75 Å². The molecule has 18 heavy (non-hydrogen) atoms. The highest BCUT2D eigenvalue weighted by Gasteiger charge is 2.26. The van der Waals surface area contributed by atoms with Crippen LogP contribution in [-0.2, 0) is 6.42 Å². The molecule has 1 aliphatic rings. The van der Waals surface area contributed by atoms with Crippen LogP contribution in [0.5, 0.6) is 5.75 Å². The number of fused-ring (bicyclic) bond motifs is 1. The number of benzene rings is 1. The van der Waals surface area contributed by atoms with Crippen molar-refractivity contribution >= 4 is 0 Å². The van der Waals surface area contributed by atoms with Crippen LogP contribution in [0.3, 0.4) is 0 Å². The van der Waals surface area contributed by atoms with Crippen LogP contribution in [0.25, 0.3) is 0 Å². The molecular formula is C16H23NO. The molecule has 1 heterocycles. The zero-order valence-electron chi connectivity index (χ0n) is 11.2. The Bertz CT molecular complexity index is 388. The fourth-order valence-corrected chi connectivity index (χ4v) is 2.56. The topological polar surface area (TPSA) is 21.3 Å². The van der Waals surface area contributed by atoms with Gasteiger partial charge in [0.15, 0.2) is 0 Å². The minimum Gasteiger partial charge on any atom is -0.493 e. The van der Waals surface area contributed by atoms with Gasteiger partial charge in [0, 0.05) is 12.0 Å². The maximum Gasteiger partial charge on any atom is 0.122 e. The SMILES string of the molecule is C=CCC(NCCC)C1COc2ccccc2C1. The molecule has 0 saturated heterocycles. The van der Waals surface area contributed by atoms with Gasteiger partial charge in [0.25, 0.3) is 0 Å². The molecule has 98 valence electrons. The Hall–Kier alpha value is -1.28. The number of nitrogens with one attached hydrogen (secondary N) is 1. The van der Waals surface area contributed by atoms with Gasteiger partial charge in [-0.05, 0) is 37.4 Å². The van der Waals surface area contributed by atoms with Crippen molar-refractivity contribution in [2.24, 2.45) is 5.92 Å². The van der Waals surface area contributed by atoms with E-state index in [1.54, 1.807) is 0 Å². The van der Waals surface area contributed by atoms with Crippen LogP contribution in [0.15, 0.2) is 36.9 Å². The van der Waals surface area contributed by atoms with Gasteiger partial charge < -0.3 is 10.1 Å². The first kappa shape index (κ1) is 13.2. The average Bonchev–Trinajstić information content (AvgIpc) is 2.43. The Morgan fingerprint density at radius 2 is 2.33 bits per heavy atom. The molecule has 2 unspecified atom stereocenters. The lowest BCUT2D eigenvalue weighted by Gasteiger charge is -2.31. The second-order valence-electron chi connectivity index (χ2n) is 4.97. The Kier molecular flexibility index (Phi) is 4.82. The molecule has 2 nitrogen and oxygen atoms in total. The van der Waals surface area contributed by atoms with Crippen molar-refractivity contribution in [3.63, 3.8) is 0 Å². The molecule has 1 aromatic rings. The van der Waals surface area contributed by atoms with Gasteiger partial charge in [-0.3, -0.25) is 0 Å². The van der Waals surface area contributed by atoms with E-state index in [4.69, 9.17) is 4.74 Å². The highest BCUT2D eigenvalue weighted by molar-refractivity contribution is 5.35. The number of hydrogen-bond acceptors (Lipinski definition) is 2. The van der Waals surface area contributed by atoms with Crippen molar-refractivity contribution in [3.05, 3.63) is 42.5 Å². The van der Waals surface area contributed by atoms with Crippen molar-refractivity contribution in [2.75, 3.05) is 13.2 Å². The third-order valence-corrected chi connectivity index (χ3v) is 3.55. The van der Waals surface area contributed by atoms with Crippen molar-refractivity contribution in [2.45, 2.75) is 32.2 Å². The third kappa shape index (κ3) is 3.14. The van der Waals surface area contributed by atoms with Crippen LogP contribution in [0.4, 0.5) is 0 Å². The maximum absolute atomic E-state index is 5.87. The van der Waals surface area contributed by atoms with Gasteiger partial charge in [0.05, 0.1) is 6.61 Å². The highest BCUT2D eigenvalue weighted by Crippen LogP contribution is 2.29. The fraction of sp³-hybridized carbons (Fsp3) is 0.500. The zero-order chi connectivity index (χ0) is 12.8. The summed E-state index contributed by atoms with van der Waals surface area (Å²) in [6.45, 7) is 7.94. The summed E-state index contributed by atoms with van der Waals surface area (Å²) in [6, 6.07) is 8.85. The Labute approximate surface area is 110 Å². The third-order valence-electron chi connectivity index (χ3n) is 3.55. The van der Waals surface area contributed by atoms with Gasteiger partial charge in [0.2, 0.25) is 0 Å². The first-order valence-corrected chi connectivity index (χ1v) is 6.90. The summed E-state index contributed by atoms with van der Waals surface area (Å²) in [7, 11) is 0. The molecule has 0 radical (unpaired) electrons. The van der Waals surface area contributed by atoms with Gasteiger partial charge in [-0.2, -0.15) is 0 Å². The van der Waals surface area contributed by atoms with E-state index in [-0.39, 0.29) is 0 Å². The highest BCUT2D eigenvalue weighted by atomic mass is 16.5. The minimum absolute atomic E-state index is 0.482. The van der Waals surface area contributed by atoms with E-state index in [1.807, 2.05) is 12.1 Å². The van der Waals surface area contributed by atoms with Crippen molar-refractivity contribution in [1.82, 2.24) is 5.32 Å². The Morgan fingerprint density at radius 1 is 1.50 bits per heavy atom. The van der Waals surface area contributed by atoms with E-state index in [0.29, 0.717) is 12.0 Å². The summed E-state index contributed by atoms with van der Waals surface area (Å²) >= 11 is 0. The van der Waals surface area contributed by atoms with Gasteiger partial charge in [-0.25, -0.2) is 0 Å². The standard InChI is InChI=1S/C16H23NO/c1-3-7-15(17-10-4-2)14-11-13-8-5-6-9-16(13)18-12-14/h3,5-6,8-9,14-15,17H,1,4,7,10-12H2,2H3. The summed E-state index contributed by atoms with van der Waals surface area (Å²) in [4.78, 5) is 0. The summed E-state index contributed by atoms with van der Waals surface area (Å²) in [5, 5.41) is 3.62. The van der Waals surface area contributed by atoms with E-state index < -0.39 is 0 Å². The van der Waals surface area contributed by atoms with E-state index >= 15 is 0 Å². The van der Waals surface area contributed by atoms with Crippen LogP contribution >= 0.6 is 0 Å². The van der Waals surface area contributed by atoms with Gasteiger partial charge in [-0.1, -0.05) is 31.2 Å². The van der Waals surface area contributed by atoms with E-state index in [0.717, 1.165) is 38.2 Å². The fourth-order valence-electron chi connectivity index (χ4n) is 2.56. The molecule has 2 atom stereocenters. The molecule has 0 amide bonds. The van der Waals surface area contributed by atoms with Crippen molar-refractivity contribution < 1.29 is 4.74 Å². The molecule has 0 aromatic heterocycles. The van der Waals surface area contributed by atoms with Crippen LogP contribution in [0.1, 0.15) is 25.3 Å². The Balaban J connectivity index is 2.02. The van der Waals surface area contributed by atoms with Crippen molar-refractivity contribution in [1.29, 1.82) is 0 Å². The lowest BCUT2D eigenvalue weighted by molar-refractivity contribution is 0.184. The summed E-state index contributed by atoms with van der Waals surface area (Å²) < 4.78 is 5.87. The lowest BCUT2D eigenvalue weighted by atomic mass is 9.88. The number of para-hydroxylation sites is 1. The molecule has 0 spiro atoms. The molecular weight excluding hydrogens is 222 g/mol. The molecule has 0 aliphatic carbocycles. The van der Waals surface area contributed by atoms with Crippen LogP contribution in [0, 0.1) is 5.92 Å². The molecule has 1 aliphatic heterocycles. The largest absolute Gasteiger partial charge is 0.493 e. The molecule has 0 saturated carbocycles. The van der Waals surface area contributed by atoms with Crippen molar-refractivity contribution in [3.8, 4) is 5.75 Å². The monoisotopic (exact) mass is 245 g/mol. The summed E-state index contributed by atoms with van der Waals surface area (Å²) in [5.41, 5.74) is 1.33. The normalized spacial score (nSPS) is 19.7. The average molecular weight is 245 g/mol. The summed E-state index contributed by atoms with van der Waals surface area (Å²) in [5.74, 6) is 1.60. The molecule has 1 aromatic carbocycles. The second-order valence-corrected chi connectivity index (χ2v) is 4.97. The predicted octanol–water partition coefficient (Wildman–Crippen LogP) is 3.18. The maximum atomic E-state index is 5.87. The van der Waals surface area contributed by atoms with Crippen LogP contribution in [0.2, 0.25) is 0 Å². The molecule has 2 rings (SSSR count). The van der Waals surface area contributed by atoms with Crippen LogP contribution in [-0.4, -0.2) is 19.2 Å². The quantitative estimate of drug-likeness (QED) is 0.777. The Morgan fingerprint density at radius 3 is 3.11 bits per heavy atom. The number of ether oxygens (including phenoxy) is 1. The first-order chi connectivity index (χ1) is 8.85. The molecule has 2 heteroatoms. The number of rotatable bonds is 6. The zero-order valence-corrected chi connectivity index (χ0v) is 11.2. The van der Waals surface area contributed by atoms with Gasteiger partial charge in [-0.15, -0.1) is 6.58 Å².